The summed E-state index contributed by atoms with van der Waals surface area (Å²) in [6, 6.07) is 0. The minimum atomic E-state index is -6.02. The van der Waals surface area contributed by atoms with Crippen LogP contribution < -0.4 is 37.6 Å². The van der Waals surface area contributed by atoms with Crippen LogP contribution in [0.15, 0.2) is 0 Å². The first-order chi connectivity index (χ1) is 10.0. The van der Waals surface area contributed by atoms with E-state index in [1.54, 1.807) is 0 Å². The Morgan fingerprint density at radius 3 is 0.276 bits per heavy atom. The quantitative estimate of drug-likeness (QED) is 0.161. The normalized spacial score (nSPS) is 10.0. The Morgan fingerprint density at radius 2 is 0.276 bits per heavy atom. The maximum absolute atomic E-state index is 8.63. The predicted octanol–water partition coefficient (Wildman–Crippen LogP) is -13.0. The third-order valence-electron chi connectivity index (χ3n) is 0. The smallest absolute Gasteiger partial charge is 0 e. The van der Waals surface area contributed by atoms with Gasteiger partial charge < -0.3 is 0 Å². The van der Waals surface area contributed by atoms with Crippen molar-refractivity contribution in [3.63, 3.8) is 0 Å². The summed E-state index contributed by atoms with van der Waals surface area (Å²) in [7, 11) is 0. The largest absolute Gasteiger partial charge is 0 e. The average molecular weight is 970 g/mol. The molecule has 0 aliphatic rings. The van der Waals surface area contributed by atoms with Crippen molar-refractivity contribution in [2.45, 2.75) is 0 Å². The van der Waals surface area contributed by atoms with Crippen molar-refractivity contribution in [3.8, 4) is 0 Å². The van der Waals surface area contributed by atoms with Gasteiger partial charge in [-0.3, -0.25) is 0 Å². The van der Waals surface area contributed by atoms with Crippen molar-refractivity contribution >= 4 is 19.8 Å². The first kappa shape index (κ1) is 58.2. The summed E-state index contributed by atoms with van der Waals surface area (Å²) in [6.07, 6.45) is 0. The SMILES string of the molecule is P.P.[O]=[Mo](=[O])([O-])[O-].[O]=[Mo](=[O])([O-])[O-].[O]=[Mo](=[O])([O-])[O-].[O]=[Mo](=[O])([O-])[O-].[O]=[Mo](=[O])([O-])[O-].[V].[V]. The summed E-state index contributed by atoms with van der Waals surface area (Å²) in [4.78, 5) is 0. The Labute approximate surface area is 209 Å². The molecule has 2 radical (unpaired) electrons. The van der Waals surface area contributed by atoms with E-state index in [-0.39, 0.29) is 56.9 Å². The number of hydrogen-bond acceptors (Lipinski definition) is 20. The van der Waals surface area contributed by atoms with E-state index >= 15 is 0 Å². The monoisotopic (exact) mass is 979 g/mol. The second kappa shape index (κ2) is 25.7. The van der Waals surface area contributed by atoms with Crippen molar-refractivity contribution in [2.24, 2.45) is 0 Å². The van der Waals surface area contributed by atoms with Gasteiger partial charge in [-0.05, 0) is 0 Å². The molecule has 0 aliphatic heterocycles. The van der Waals surface area contributed by atoms with Gasteiger partial charge in [0.15, 0.2) is 0 Å². The van der Waals surface area contributed by atoms with E-state index in [1.807, 2.05) is 0 Å². The molecule has 0 aromatic heterocycles. The average Bonchev–Trinajstić information content (AvgIpc) is 1.79. The fraction of sp³-hybridized carbons (Fsp3) is 0. The molecule has 2 unspecified atom stereocenters. The van der Waals surface area contributed by atoms with E-state index in [1.165, 1.54) is 0 Å². The summed E-state index contributed by atoms with van der Waals surface area (Å²) in [5.74, 6) is 0. The number of rotatable bonds is 0. The molecule has 0 rings (SSSR count). The summed E-state index contributed by atoms with van der Waals surface area (Å²) in [5, 5.41) is 0. The molecule has 20 nitrogen and oxygen atoms in total. The van der Waals surface area contributed by atoms with Crippen LogP contribution in [0, 0.1) is 0 Å². The minimum Gasteiger partial charge on any atom is 0 e. The molecule has 0 bridgehead atoms. The molecule has 0 aliphatic carbocycles. The van der Waals surface area contributed by atoms with Crippen LogP contribution >= 0.6 is 19.8 Å². The molecule has 186 valence electrons. The predicted molar refractivity (Wildman–Crippen MR) is 29.1 cm³/mol. The van der Waals surface area contributed by atoms with Crippen LogP contribution in [0.2, 0.25) is 0 Å². The van der Waals surface area contributed by atoms with Crippen LogP contribution in [0.1, 0.15) is 0 Å². The van der Waals surface area contributed by atoms with Crippen LogP contribution in [0.3, 0.4) is 0 Å². The molecular weight excluding hydrogens is 964 g/mol. The molecule has 2 atom stereocenters. The summed E-state index contributed by atoms with van der Waals surface area (Å²) >= 11 is -30.1. The fourth-order valence-corrected chi connectivity index (χ4v) is 0. The molecule has 0 aromatic carbocycles. The number of hydrogen-bond donors (Lipinski definition) is 0. The Morgan fingerprint density at radius 1 is 0.276 bits per heavy atom. The van der Waals surface area contributed by atoms with Crippen LogP contribution in [-0.4, -0.2) is 0 Å². The molecule has 0 N–H and O–H groups in total. The maximum atomic E-state index is 8.63. The molecule has 0 saturated carbocycles. The van der Waals surface area contributed by atoms with E-state index in [0.29, 0.717) is 0 Å². The molecule has 0 heterocycles. The van der Waals surface area contributed by atoms with Gasteiger partial charge in [-0.1, -0.05) is 0 Å². The Kier molecular flexibility index (Phi) is 51.5. The van der Waals surface area contributed by atoms with Gasteiger partial charge in [-0.2, -0.15) is 19.8 Å². The zero-order chi connectivity index (χ0) is 22.5. The molecule has 0 aromatic rings. The van der Waals surface area contributed by atoms with E-state index in [0.717, 1.165) is 0 Å². The van der Waals surface area contributed by atoms with E-state index < -0.39 is 83.7 Å². The van der Waals surface area contributed by atoms with Crippen LogP contribution in [0.4, 0.5) is 0 Å². The van der Waals surface area contributed by atoms with E-state index in [4.69, 9.17) is 71.6 Å². The van der Waals surface area contributed by atoms with Gasteiger partial charge >= 0.3 is 155 Å². The van der Waals surface area contributed by atoms with Crippen molar-refractivity contribution < 1.29 is 192 Å². The first-order valence-corrected chi connectivity index (χ1v) is 19.7. The molecule has 29 heavy (non-hydrogen) atoms. The van der Waals surface area contributed by atoms with Gasteiger partial charge in [0.1, 0.15) is 0 Å². The fourth-order valence-electron chi connectivity index (χ4n) is 0. The second-order valence-corrected chi connectivity index (χ2v) is 12.1. The van der Waals surface area contributed by atoms with Gasteiger partial charge in [0.2, 0.25) is 0 Å². The van der Waals surface area contributed by atoms with Crippen LogP contribution in [-0.2, 0) is 155 Å². The molecular formula is H6Mo5O20P2V2-10. The Balaban J connectivity index is -0.0000000238. The van der Waals surface area contributed by atoms with Gasteiger partial charge in [0.25, 0.3) is 0 Å². The van der Waals surface area contributed by atoms with Gasteiger partial charge in [0, 0.05) is 37.1 Å². The first-order valence-electron chi connectivity index (χ1n) is 3.33. The summed E-state index contributed by atoms with van der Waals surface area (Å²) < 4.78 is 173. The third-order valence-corrected chi connectivity index (χ3v) is 0. The Hall–Kier alpha value is 3.07. The zero-order valence-corrected chi connectivity index (χ0v) is 28.2. The Bertz CT molecular complexity index is 629. The van der Waals surface area contributed by atoms with Crippen molar-refractivity contribution in [2.75, 3.05) is 0 Å². The van der Waals surface area contributed by atoms with E-state index in [9.17, 15) is 0 Å². The second-order valence-electron chi connectivity index (χ2n) is 2.04. The van der Waals surface area contributed by atoms with Crippen LogP contribution in [0.5, 0.6) is 0 Å². The molecule has 0 amide bonds. The van der Waals surface area contributed by atoms with Crippen molar-refractivity contribution in [1.29, 1.82) is 0 Å². The topological polar surface area (TPSA) is 401 Å². The molecule has 0 saturated heterocycles. The van der Waals surface area contributed by atoms with E-state index in [2.05, 4.69) is 0 Å². The van der Waals surface area contributed by atoms with Crippen molar-refractivity contribution in [1.82, 2.24) is 0 Å². The molecule has 0 fully saturated rings. The molecule has 29 heteroatoms. The minimum absolute atomic E-state index is 0. The van der Waals surface area contributed by atoms with Gasteiger partial charge in [-0.15, -0.1) is 0 Å². The zero-order valence-electron chi connectivity index (χ0n) is 12.5. The summed E-state index contributed by atoms with van der Waals surface area (Å²) in [5.41, 5.74) is 0. The van der Waals surface area contributed by atoms with Gasteiger partial charge in [-0.25, -0.2) is 0 Å². The third kappa shape index (κ3) is 2790. The standard InChI is InChI=1S/5Mo.20O.2H3P.2V/h;;;;;;;;;;;;;;;;;;;;;;;;;2*1H3;;/q;;;;;;;;;;;;;;;10*-1;;;;. The molecule has 0 spiro atoms. The van der Waals surface area contributed by atoms with Gasteiger partial charge in [0.05, 0.1) is 0 Å². The summed E-state index contributed by atoms with van der Waals surface area (Å²) in [6.45, 7) is 0. The van der Waals surface area contributed by atoms with Crippen LogP contribution in [0.25, 0.3) is 0 Å². The maximum Gasteiger partial charge on any atom is 0 e. The van der Waals surface area contributed by atoms with Crippen molar-refractivity contribution in [3.05, 3.63) is 0 Å².